The van der Waals surface area contributed by atoms with Gasteiger partial charge in [-0.25, -0.2) is 0 Å². The molecule has 2 heterocycles. The average Bonchev–Trinajstić information content (AvgIpc) is 3.17. The molecule has 25 heavy (non-hydrogen) atoms. The van der Waals surface area contributed by atoms with Crippen LogP contribution in [0.25, 0.3) is 0 Å². The van der Waals surface area contributed by atoms with Crippen LogP contribution in [0.5, 0.6) is 11.5 Å². The zero-order chi connectivity index (χ0) is 17.4. The number of nitrogens with one attached hydrogen (secondary N) is 1. The van der Waals surface area contributed by atoms with Crippen LogP contribution in [0, 0.1) is 5.92 Å². The van der Waals surface area contributed by atoms with E-state index in [2.05, 4.69) is 15.5 Å². The molecule has 2 aliphatic rings. The third kappa shape index (κ3) is 2.97. The lowest BCUT2D eigenvalue weighted by Crippen LogP contribution is -2.30. The van der Waals surface area contributed by atoms with Crippen LogP contribution >= 0.6 is 23.1 Å². The first-order chi connectivity index (χ1) is 12.2. The monoisotopic (exact) mass is 377 g/mol. The highest BCUT2D eigenvalue weighted by atomic mass is 32.2. The third-order valence-electron chi connectivity index (χ3n) is 4.96. The quantitative estimate of drug-likeness (QED) is 0.808. The minimum Gasteiger partial charge on any atom is -0.497 e. The minimum absolute atomic E-state index is 0.0183. The number of aromatic nitrogens is 2. The maximum absolute atomic E-state index is 12.7. The number of benzene rings is 1. The van der Waals surface area contributed by atoms with Crippen LogP contribution < -0.4 is 14.8 Å². The summed E-state index contributed by atoms with van der Waals surface area (Å²) in [4.78, 5) is 12.7. The molecular formula is C17H19N3O3S2. The molecule has 1 N–H and O–H groups in total. The Balaban J connectivity index is 1.47. The summed E-state index contributed by atoms with van der Waals surface area (Å²) in [6, 6.07) is 5.85. The Hall–Kier alpha value is -1.80. The molecule has 132 valence electrons. The summed E-state index contributed by atoms with van der Waals surface area (Å²) in [5.41, 5.74) is 0.983. The van der Waals surface area contributed by atoms with Crippen LogP contribution in [0.15, 0.2) is 22.5 Å². The molecule has 1 amide bonds. The van der Waals surface area contributed by atoms with Crippen LogP contribution in [0.3, 0.4) is 0 Å². The van der Waals surface area contributed by atoms with Gasteiger partial charge in [0.2, 0.25) is 5.91 Å². The number of carbonyl (C=O) groups is 1. The molecule has 1 fully saturated rings. The number of fused-ring (bicyclic) bond motifs is 2. The van der Waals surface area contributed by atoms with Crippen molar-refractivity contribution in [1.29, 1.82) is 0 Å². The second-order valence-corrected chi connectivity index (χ2v) is 8.37. The van der Waals surface area contributed by atoms with Crippen molar-refractivity contribution >= 4 is 29.0 Å². The van der Waals surface area contributed by atoms with Gasteiger partial charge in [0.25, 0.3) is 0 Å². The van der Waals surface area contributed by atoms with Crippen molar-refractivity contribution in [2.45, 2.75) is 29.1 Å². The van der Waals surface area contributed by atoms with Crippen molar-refractivity contribution < 1.29 is 14.3 Å². The molecule has 1 aromatic heterocycles. The number of ether oxygens (including phenoxy) is 2. The highest BCUT2D eigenvalue weighted by Crippen LogP contribution is 2.61. The van der Waals surface area contributed by atoms with Crippen molar-refractivity contribution in [1.82, 2.24) is 15.5 Å². The molecule has 1 aromatic carbocycles. The van der Waals surface area contributed by atoms with Crippen LogP contribution in [-0.2, 0) is 16.8 Å². The summed E-state index contributed by atoms with van der Waals surface area (Å²) in [5, 5.41) is 12.0. The summed E-state index contributed by atoms with van der Waals surface area (Å²) in [6.45, 7) is 1.09. The summed E-state index contributed by atoms with van der Waals surface area (Å²) in [7, 11) is 1.65. The second kappa shape index (κ2) is 6.49. The molecule has 1 spiro atoms. The molecule has 6 nitrogen and oxygen atoms in total. The maximum Gasteiger partial charge on any atom is 0.224 e. The summed E-state index contributed by atoms with van der Waals surface area (Å²) in [5.74, 6) is 1.73. The van der Waals surface area contributed by atoms with E-state index >= 15 is 0 Å². The van der Waals surface area contributed by atoms with E-state index in [1.54, 1.807) is 18.9 Å². The van der Waals surface area contributed by atoms with Crippen molar-refractivity contribution in [3.05, 3.63) is 28.8 Å². The van der Waals surface area contributed by atoms with E-state index in [9.17, 15) is 4.79 Å². The Morgan fingerprint density at radius 1 is 1.52 bits per heavy atom. The zero-order valence-electron chi connectivity index (χ0n) is 14.1. The van der Waals surface area contributed by atoms with E-state index in [0.29, 0.717) is 13.2 Å². The van der Waals surface area contributed by atoms with Gasteiger partial charge in [0.15, 0.2) is 4.34 Å². The topological polar surface area (TPSA) is 73.3 Å². The largest absolute Gasteiger partial charge is 0.497 e. The van der Waals surface area contributed by atoms with Gasteiger partial charge in [-0.3, -0.25) is 4.79 Å². The predicted molar refractivity (Wildman–Crippen MR) is 96.4 cm³/mol. The number of methoxy groups -OCH3 is 1. The minimum atomic E-state index is -0.113. The summed E-state index contributed by atoms with van der Waals surface area (Å²) >= 11 is 3.08. The fraction of sp³-hybridized carbons (Fsp3) is 0.471. The molecule has 2 atom stereocenters. The van der Waals surface area contributed by atoms with Gasteiger partial charge < -0.3 is 14.8 Å². The van der Waals surface area contributed by atoms with Crippen LogP contribution in [-0.4, -0.2) is 36.1 Å². The molecule has 0 unspecified atom stereocenters. The zero-order valence-corrected chi connectivity index (χ0v) is 15.7. The van der Waals surface area contributed by atoms with E-state index in [4.69, 9.17) is 9.47 Å². The molecule has 0 bridgehead atoms. The number of thioether (sulfide) groups is 1. The Morgan fingerprint density at radius 3 is 3.16 bits per heavy atom. The molecule has 8 heteroatoms. The van der Waals surface area contributed by atoms with E-state index in [0.717, 1.165) is 39.3 Å². The van der Waals surface area contributed by atoms with Gasteiger partial charge in [-0.05, 0) is 37.3 Å². The van der Waals surface area contributed by atoms with Crippen molar-refractivity contribution in [3.8, 4) is 11.5 Å². The molecule has 0 radical (unpaired) electrons. The second-order valence-electron chi connectivity index (χ2n) is 6.26. The molecule has 4 rings (SSSR count). The van der Waals surface area contributed by atoms with Crippen LogP contribution in [0.2, 0.25) is 0 Å². The van der Waals surface area contributed by atoms with Gasteiger partial charge in [-0.1, -0.05) is 23.1 Å². The normalized spacial score (nSPS) is 23.7. The first kappa shape index (κ1) is 16.7. The Morgan fingerprint density at radius 2 is 2.40 bits per heavy atom. The molecule has 1 saturated carbocycles. The molecule has 1 aliphatic heterocycles. The van der Waals surface area contributed by atoms with Crippen LogP contribution in [0.1, 0.15) is 23.4 Å². The molecule has 2 aromatic rings. The van der Waals surface area contributed by atoms with Gasteiger partial charge in [-0.2, -0.15) is 0 Å². The number of nitrogens with zero attached hydrogens (tertiary/aromatic N) is 2. The standard InChI is InChI=1S/C17H19N3O3S2/c1-22-10-3-4-13-11(7-10)17(5-6-23-13)8-12(17)15(21)18-9-14-19-20-16(24-2)25-14/h3-4,7,12H,5-6,8-9H2,1-2H3,(H,18,21)/t12-,17-/m1/s1. The lowest BCUT2D eigenvalue weighted by molar-refractivity contribution is -0.123. The first-order valence-corrected chi connectivity index (χ1v) is 10.2. The third-order valence-corrected chi connectivity index (χ3v) is 6.86. The maximum atomic E-state index is 12.7. The molecule has 1 aliphatic carbocycles. The van der Waals surface area contributed by atoms with E-state index in [1.165, 1.54) is 11.3 Å². The molecule has 0 saturated heterocycles. The lowest BCUT2D eigenvalue weighted by atomic mass is 9.87. The number of hydrogen-bond acceptors (Lipinski definition) is 7. The summed E-state index contributed by atoms with van der Waals surface area (Å²) < 4.78 is 12.0. The average molecular weight is 377 g/mol. The van der Waals surface area contributed by atoms with Gasteiger partial charge in [-0.15, -0.1) is 10.2 Å². The van der Waals surface area contributed by atoms with E-state index in [1.807, 2.05) is 24.5 Å². The highest BCUT2D eigenvalue weighted by molar-refractivity contribution is 8.00. The summed E-state index contributed by atoms with van der Waals surface area (Å²) in [6.07, 6.45) is 3.68. The first-order valence-electron chi connectivity index (χ1n) is 8.11. The van der Waals surface area contributed by atoms with Gasteiger partial charge in [0, 0.05) is 16.9 Å². The van der Waals surface area contributed by atoms with Crippen LogP contribution in [0.4, 0.5) is 0 Å². The van der Waals surface area contributed by atoms with Gasteiger partial charge in [0.05, 0.1) is 20.3 Å². The Kier molecular flexibility index (Phi) is 4.33. The number of amides is 1. The number of hydrogen-bond donors (Lipinski definition) is 1. The fourth-order valence-corrected chi connectivity index (χ4v) is 4.78. The van der Waals surface area contributed by atoms with Crippen molar-refractivity contribution in [2.24, 2.45) is 5.92 Å². The smallest absolute Gasteiger partial charge is 0.224 e. The fourth-order valence-electron chi connectivity index (χ4n) is 3.53. The number of rotatable bonds is 5. The van der Waals surface area contributed by atoms with Gasteiger partial charge in [0.1, 0.15) is 16.5 Å². The lowest BCUT2D eigenvalue weighted by Gasteiger charge is -2.27. The van der Waals surface area contributed by atoms with E-state index < -0.39 is 0 Å². The van der Waals surface area contributed by atoms with Crippen molar-refractivity contribution in [2.75, 3.05) is 20.0 Å². The van der Waals surface area contributed by atoms with Gasteiger partial charge >= 0.3 is 0 Å². The highest BCUT2D eigenvalue weighted by Gasteiger charge is 2.61. The molecular weight excluding hydrogens is 358 g/mol. The Bertz CT molecular complexity index is 810. The van der Waals surface area contributed by atoms with E-state index in [-0.39, 0.29) is 17.2 Å². The Labute approximate surface area is 154 Å². The SMILES string of the molecule is COc1ccc2c(c1)[C@@]1(CCO2)C[C@@H]1C(=O)NCc1nnc(SC)s1. The predicted octanol–water partition coefficient (Wildman–Crippen LogP) is 2.63. The number of carbonyl (C=O) groups excluding carboxylic acids is 1. The van der Waals surface area contributed by atoms with Crippen molar-refractivity contribution in [3.63, 3.8) is 0 Å².